The number of pyridine rings is 1. The highest BCUT2D eigenvalue weighted by atomic mass is 35.5. The fourth-order valence-corrected chi connectivity index (χ4v) is 2.07. The second-order valence-electron chi connectivity index (χ2n) is 4.97. The van der Waals surface area contributed by atoms with Crippen LogP contribution in [-0.2, 0) is 0 Å². The maximum atomic E-state index is 13.7. The third kappa shape index (κ3) is 4.16. The van der Waals surface area contributed by atoms with Crippen LogP contribution in [0.15, 0.2) is 40.9 Å². The molecule has 0 saturated heterocycles. The number of hydrogen-bond donors (Lipinski definition) is 1. The summed E-state index contributed by atoms with van der Waals surface area (Å²) in [7, 11) is 1.68. The highest BCUT2D eigenvalue weighted by molar-refractivity contribution is 6.30. The maximum Gasteiger partial charge on any atom is 0.315 e. The van der Waals surface area contributed by atoms with Crippen LogP contribution in [0.1, 0.15) is 18.9 Å². The first-order valence-corrected chi connectivity index (χ1v) is 7.69. The summed E-state index contributed by atoms with van der Waals surface area (Å²) in [5, 5.41) is 10.6. The Morgan fingerprint density at radius 1 is 1.20 bits per heavy atom. The van der Waals surface area contributed by atoms with Gasteiger partial charge < -0.3 is 19.2 Å². The van der Waals surface area contributed by atoms with Crippen molar-refractivity contribution in [3.05, 3.63) is 53.3 Å². The lowest BCUT2D eigenvalue weighted by Crippen LogP contribution is -2.03. The predicted molar refractivity (Wildman–Crippen MR) is 88.6 cm³/mol. The van der Waals surface area contributed by atoms with Gasteiger partial charge in [-0.15, -0.1) is 5.10 Å². The molecule has 3 rings (SSSR count). The minimum absolute atomic E-state index is 0.156. The average molecular weight is 365 g/mol. The quantitative estimate of drug-likeness (QED) is 0.700. The lowest BCUT2D eigenvalue weighted by molar-refractivity contribution is 0.189. The fourth-order valence-electron chi connectivity index (χ4n) is 1.93. The van der Waals surface area contributed by atoms with E-state index in [9.17, 15) is 4.39 Å². The standard InChI is InChI=1S/C16H14ClFN4O3/c1-9(14-21-22-16(19-2)25-14)23-11-3-5-12(6-4-11)24-15-13(18)7-10(17)8-20-15/h3-9H,1-2H3,(H,19,22)/t9-/m1/s1. The van der Waals surface area contributed by atoms with Gasteiger partial charge in [-0.25, -0.2) is 9.37 Å². The molecule has 1 aromatic carbocycles. The van der Waals surface area contributed by atoms with Gasteiger partial charge in [0.25, 0.3) is 11.8 Å². The molecule has 0 bridgehead atoms. The number of anilines is 1. The topological polar surface area (TPSA) is 82.3 Å². The number of rotatable bonds is 6. The molecule has 2 aromatic heterocycles. The molecule has 2 heterocycles. The molecule has 0 amide bonds. The summed E-state index contributed by atoms with van der Waals surface area (Å²) in [6, 6.07) is 8.05. The summed E-state index contributed by atoms with van der Waals surface area (Å²) in [5.41, 5.74) is 0. The van der Waals surface area contributed by atoms with Crippen molar-refractivity contribution in [3.8, 4) is 17.4 Å². The van der Waals surface area contributed by atoms with E-state index in [-0.39, 0.29) is 10.9 Å². The molecule has 1 atom stereocenters. The van der Waals surface area contributed by atoms with Crippen molar-refractivity contribution >= 4 is 17.6 Å². The Kier molecular flexibility index (Phi) is 4.99. The van der Waals surface area contributed by atoms with E-state index in [1.807, 2.05) is 0 Å². The third-order valence-corrected chi connectivity index (χ3v) is 3.33. The van der Waals surface area contributed by atoms with Gasteiger partial charge in [0, 0.05) is 13.2 Å². The molecule has 7 nitrogen and oxygen atoms in total. The van der Waals surface area contributed by atoms with Crippen molar-refractivity contribution in [1.82, 2.24) is 15.2 Å². The van der Waals surface area contributed by atoms with E-state index in [4.69, 9.17) is 25.5 Å². The zero-order chi connectivity index (χ0) is 17.8. The summed E-state index contributed by atoms with van der Waals surface area (Å²) >= 11 is 5.65. The van der Waals surface area contributed by atoms with Crippen molar-refractivity contribution in [2.24, 2.45) is 0 Å². The molecule has 0 aliphatic rings. The molecule has 130 valence electrons. The monoisotopic (exact) mass is 364 g/mol. The summed E-state index contributed by atoms with van der Waals surface area (Å²) < 4.78 is 30.1. The minimum atomic E-state index is -0.641. The van der Waals surface area contributed by atoms with Crippen molar-refractivity contribution in [1.29, 1.82) is 0 Å². The van der Waals surface area contributed by atoms with Crippen LogP contribution in [0.3, 0.4) is 0 Å². The van der Waals surface area contributed by atoms with Crippen molar-refractivity contribution in [2.45, 2.75) is 13.0 Å². The number of aromatic nitrogens is 3. The van der Waals surface area contributed by atoms with Crippen LogP contribution in [0, 0.1) is 5.82 Å². The second-order valence-corrected chi connectivity index (χ2v) is 5.41. The second kappa shape index (κ2) is 7.35. The number of ether oxygens (including phenoxy) is 2. The van der Waals surface area contributed by atoms with Crippen LogP contribution >= 0.6 is 11.6 Å². The van der Waals surface area contributed by atoms with E-state index in [0.29, 0.717) is 23.4 Å². The molecule has 0 radical (unpaired) electrons. The summed E-state index contributed by atoms with van der Waals surface area (Å²) in [5.74, 6) is 0.518. The molecule has 0 spiro atoms. The van der Waals surface area contributed by atoms with E-state index >= 15 is 0 Å². The van der Waals surface area contributed by atoms with E-state index in [0.717, 1.165) is 6.07 Å². The molecule has 0 aliphatic carbocycles. The third-order valence-electron chi connectivity index (χ3n) is 3.13. The summed E-state index contributed by atoms with van der Waals surface area (Å²) in [4.78, 5) is 3.80. The van der Waals surface area contributed by atoms with E-state index in [1.165, 1.54) is 6.20 Å². The first-order valence-electron chi connectivity index (χ1n) is 7.32. The Labute approximate surface area is 147 Å². The summed E-state index contributed by atoms with van der Waals surface area (Å²) in [6.45, 7) is 1.78. The maximum absolute atomic E-state index is 13.7. The lowest BCUT2D eigenvalue weighted by atomic mass is 10.3. The van der Waals surface area contributed by atoms with Crippen LogP contribution in [0.25, 0.3) is 0 Å². The highest BCUT2D eigenvalue weighted by Crippen LogP contribution is 2.27. The average Bonchev–Trinajstić information content (AvgIpc) is 3.08. The van der Waals surface area contributed by atoms with Crippen LogP contribution in [0.2, 0.25) is 5.02 Å². The first-order chi connectivity index (χ1) is 12.0. The zero-order valence-corrected chi connectivity index (χ0v) is 14.1. The molecule has 0 unspecified atom stereocenters. The predicted octanol–water partition coefficient (Wildman–Crippen LogP) is 4.23. The van der Waals surface area contributed by atoms with Gasteiger partial charge in [0.1, 0.15) is 11.5 Å². The van der Waals surface area contributed by atoms with Crippen LogP contribution < -0.4 is 14.8 Å². The van der Waals surface area contributed by atoms with Crippen LogP contribution in [0.5, 0.6) is 17.4 Å². The summed E-state index contributed by atoms with van der Waals surface area (Å²) in [6.07, 6.45) is 0.875. The molecule has 0 fully saturated rings. The largest absolute Gasteiger partial charge is 0.481 e. The van der Waals surface area contributed by atoms with E-state index in [2.05, 4.69) is 20.5 Å². The Morgan fingerprint density at radius 3 is 2.56 bits per heavy atom. The molecule has 0 saturated carbocycles. The van der Waals surface area contributed by atoms with Gasteiger partial charge in [0.15, 0.2) is 11.9 Å². The Bertz CT molecular complexity index is 857. The Hall–Kier alpha value is -2.87. The van der Waals surface area contributed by atoms with E-state index in [1.54, 1.807) is 38.2 Å². The molecule has 25 heavy (non-hydrogen) atoms. The Morgan fingerprint density at radius 2 is 1.92 bits per heavy atom. The molecule has 0 aliphatic heterocycles. The molecule has 3 aromatic rings. The molecular weight excluding hydrogens is 351 g/mol. The Balaban J connectivity index is 1.65. The number of benzene rings is 1. The lowest BCUT2D eigenvalue weighted by Gasteiger charge is -2.11. The smallest absolute Gasteiger partial charge is 0.315 e. The highest BCUT2D eigenvalue weighted by Gasteiger charge is 2.15. The SMILES string of the molecule is CNc1nnc([C@@H](C)Oc2ccc(Oc3ncc(Cl)cc3F)cc2)o1. The number of nitrogens with zero attached hydrogens (tertiary/aromatic N) is 3. The molecule has 1 N–H and O–H groups in total. The zero-order valence-electron chi connectivity index (χ0n) is 13.4. The van der Waals surface area contributed by atoms with Gasteiger partial charge >= 0.3 is 6.01 Å². The number of hydrogen-bond acceptors (Lipinski definition) is 7. The number of halogens is 2. The minimum Gasteiger partial charge on any atom is -0.481 e. The molecular formula is C16H14ClFN4O3. The van der Waals surface area contributed by atoms with Gasteiger partial charge in [-0.1, -0.05) is 16.7 Å². The van der Waals surface area contributed by atoms with E-state index < -0.39 is 11.9 Å². The van der Waals surface area contributed by atoms with Gasteiger partial charge in [-0.3, -0.25) is 0 Å². The fraction of sp³-hybridized carbons (Fsp3) is 0.188. The number of nitrogens with one attached hydrogen (secondary N) is 1. The van der Waals surface area contributed by atoms with Gasteiger partial charge in [0.2, 0.25) is 0 Å². The van der Waals surface area contributed by atoms with Gasteiger partial charge in [-0.2, -0.15) is 0 Å². The molecule has 9 heteroatoms. The van der Waals surface area contributed by atoms with Crippen molar-refractivity contribution in [2.75, 3.05) is 12.4 Å². The van der Waals surface area contributed by atoms with Gasteiger partial charge in [-0.05, 0) is 37.3 Å². The van der Waals surface area contributed by atoms with Gasteiger partial charge in [0.05, 0.1) is 5.02 Å². The van der Waals surface area contributed by atoms with Crippen molar-refractivity contribution in [3.63, 3.8) is 0 Å². The first kappa shape index (κ1) is 17.0. The van der Waals surface area contributed by atoms with Crippen LogP contribution in [0.4, 0.5) is 10.4 Å². The normalized spacial score (nSPS) is 11.8. The van der Waals surface area contributed by atoms with Crippen molar-refractivity contribution < 1.29 is 18.3 Å². The van der Waals surface area contributed by atoms with Crippen LogP contribution in [-0.4, -0.2) is 22.2 Å².